The van der Waals surface area contributed by atoms with Gasteiger partial charge in [-0.2, -0.15) is 0 Å². The highest BCUT2D eigenvalue weighted by molar-refractivity contribution is 5.62. The standard InChI is InChI=1S/C12H20N4O3/c1-2-16-10(13)9(11(18)14-12(16)19)15-5-3-4-8(6-15)7-17/h8,17H,2-7,13H2,1H3,(H,14,18,19). The van der Waals surface area contributed by atoms with Gasteiger partial charge >= 0.3 is 5.69 Å². The molecule has 2 rings (SSSR count). The van der Waals surface area contributed by atoms with Gasteiger partial charge in [0, 0.05) is 26.2 Å². The van der Waals surface area contributed by atoms with Gasteiger partial charge in [0.2, 0.25) is 0 Å². The molecule has 7 heteroatoms. The van der Waals surface area contributed by atoms with Gasteiger partial charge in [-0.15, -0.1) is 0 Å². The van der Waals surface area contributed by atoms with Crippen LogP contribution in [0.25, 0.3) is 0 Å². The molecule has 106 valence electrons. The number of aromatic nitrogens is 2. The van der Waals surface area contributed by atoms with Crippen molar-refractivity contribution in [2.45, 2.75) is 26.3 Å². The molecule has 1 fully saturated rings. The zero-order valence-electron chi connectivity index (χ0n) is 11.1. The summed E-state index contributed by atoms with van der Waals surface area (Å²) in [5.41, 5.74) is 5.36. The number of anilines is 2. The summed E-state index contributed by atoms with van der Waals surface area (Å²) in [7, 11) is 0. The number of nitrogens with one attached hydrogen (secondary N) is 1. The van der Waals surface area contributed by atoms with E-state index in [1.54, 1.807) is 6.92 Å². The molecule has 1 aliphatic rings. The highest BCUT2D eigenvalue weighted by atomic mass is 16.3. The first-order chi connectivity index (χ1) is 9.08. The minimum Gasteiger partial charge on any atom is -0.396 e. The van der Waals surface area contributed by atoms with Crippen LogP contribution < -0.4 is 21.9 Å². The topological polar surface area (TPSA) is 104 Å². The normalized spacial score (nSPS) is 19.7. The monoisotopic (exact) mass is 268 g/mol. The van der Waals surface area contributed by atoms with E-state index in [9.17, 15) is 14.7 Å². The molecule has 19 heavy (non-hydrogen) atoms. The third kappa shape index (κ3) is 2.51. The molecule has 0 amide bonds. The summed E-state index contributed by atoms with van der Waals surface area (Å²) in [6.07, 6.45) is 1.84. The SMILES string of the molecule is CCn1c(N)c(N2CCCC(CO)C2)c(=O)[nH]c1=O. The summed E-state index contributed by atoms with van der Waals surface area (Å²) in [4.78, 5) is 27.7. The summed E-state index contributed by atoms with van der Waals surface area (Å²) < 4.78 is 1.35. The molecule has 0 saturated carbocycles. The average Bonchev–Trinajstić information content (AvgIpc) is 2.39. The van der Waals surface area contributed by atoms with Crippen molar-refractivity contribution in [3.05, 3.63) is 20.8 Å². The molecule has 1 atom stereocenters. The molecule has 0 aliphatic carbocycles. The van der Waals surface area contributed by atoms with Crippen LogP contribution in [0.5, 0.6) is 0 Å². The summed E-state index contributed by atoms with van der Waals surface area (Å²) in [5.74, 6) is 0.351. The fourth-order valence-corrected chi connectivity index (χ4v) is 2.61. The maximum Gasteiger partial charge on any atom is 0.330 e. The van der Waals surface area contributed by atoms with Crippen LogP contribution in [0.2, 0.25) is 0 Å². The first-order valence-corrected chi connectivity index (χ1v) is 6.56. The maximum absolute atomic E-state index is 12.0. The van der Waals surface area contributed by atoms with Gasteiger partial charge in [-0.25, -0.2) is 4.79 Å². The van der Waals surface area contributed by atoms with Crippen molar-refractivity contribution in [2.24, 2.45) is 5.92 Å². The highest BCUT2D eigenvalue weighted by Crippen LogP contribution is 2.23. The molecule has 0 aromatic carbocycles. The fourth-order valence-electron chi connectivity index (χ4n) is 2.61. The number of nitrogens with two attached hydrogens (primary N) is 1. The number of aliphatic hydroxyl groups excluding tert-OH is 1. The molecule has 1 saturated heterocycles. The second-order valence-corrected chi connectivity index (χ2v) is 4.87. The van der Waals surface area contributed by atoms with Crippen molar-refractivity contribution < 1.29 is 5.11 Å². The lowest BCUT2D eigenvalue weighted by Gasteiger charge is -2.33. The molecule has 0 bridgehead atoms. The molecule has 0 radical (unpaired) electrons. The molecule has 2 heterocycles. The Morgan fingerprint density at radius 1 is 1.47 bits per heavy atom. The first-order valence-electron chi connectivity index (χ1n) is 6.56. The van der Waals surface area contributed by atoms with E-state index in [4.69, 9.17) is 5.73 Å². The van der Waals surface area contributed by atoms with Gasteiger partial charge in [0.05, 0.1) is 0 Å². The molecule has 7 nitrogen and oxygen atoms in total. The van der Waals surface area contributed by atoms with Crippen molar-refractivity contribution in [1.29, 1.82) is 0 Å². The van der Waals surface area contributed by atoms with Crippen LogP contribution in [0.15, 0.2) is 9.59 Å². The van der Waals surface area contributed by atoms with Gasteiger partial charge in [0.1, 0.15) is 11.5 Å². The number of aliphatic hydroxyl groups is 1. The van der Waals surface area contributed by atoms with E-state index >= 15 is 0 Å². The number of nitrogen functional groups attached to an aromatic ring is 1. The summed E-state index contributed by atoms with van der Waals surface area (Å²) in [6, 6.07) is 0. The molecule has 1 aliphatic heterocycles. The molecule has 1 unspecified atom stereocenters. The predicted molar refractivity (Wildman–Crippen MR) is 73.4 cm³/mol. The smallest absolute Gasteiger partial charge is 0.330 e. The lowest BCUT2D eigenvalue weighted by atomic mass is 9.99. The Morgan fingerprint density at radius 2 is 2.21 bits per heavy atom. The van der Waals surface area contributed by atoms with E-state index in [1.165, 1.54) is 4.57 Å². The Balaban J connectivity index is 2.44. The van der Waals surface area contributed by atoms with Crippen LogP contribution >= 0.6 is 0 Å². The lowest BCUT2D eigenvalue weighted by Crippen LogP contribution is -2.43. The Kier molecular flexibility index (Phi) is 3.94. The van der Waals surface area contributed by atoms with E-state index < -0.39 is 11.2 Å². The van der Waals surface area contributed by atoms with Crippen molar-refractivity contribution >= 4 is 11.5 Å². The van der Waals surface area contributed by atoms with Crippen molar-refractivity contribution in [2.75, 3.05) is 30.3 Å². The fraction of sp³-hybridized carbons (Fsp3) is 0.667. The van der Waals surface area contributed by atoms with Crippen LogP contribution in [-0.4, -0.2) is 34.4 Å². The van der Waals surface area contributed by atoms with Crippen LogP contribution in [0.1, 0.15) is 19.8 Å². The van der Waals surface area contributed by atoms with E-state index in [0.29, 0.717) is 25.3 Å². The second kappa shape index (κ2) is 5.48. The van der Waals surface area contributed by atoms with Gasteiger partial charge in [0.25, 0.3) is 5.56 Å². The van der Waals surface area contributed by atoms with Crippen molar-refractivity contribution in [1.82, 2.24) is 9.55 Å². The Hall–Kier alpha value is -1.76. The number of H-pyrrole nitrogens is 1. The number of hydrogen-bond donors (Lipinski definition) is 3. The summed E-state index contributed by atoms with van der Waals surface area (Å²) in [6.45, 7) is 3.61. The molecule has 0 spiro atoms. The number of piperidine rings is 1. The Morgan fingerprint density at radius 3 is 2.84 bits per heavy atom. The zero-order valence-corrected chi connectivity index (χ0v) is 11.1. The van der Waals surface area contributed by atoms with Gasteiger partial charge in [-0.1, -0.05) is 0 Å². The first kappa shape index (κ1) is 13.7. The number of aromatic amines is 1. The number of rotatable bonds is 3. The minimum atomic E-state index is -0.482. The number of nitrogens with zero attached hydrogens (tertiary/aromatic N) is 2. The molecular weight excluding hydrogens is 248 g/mol. The van der Waals surface area contributed by atoms with E-state index in [0.717, 1.165) is 12.8 Å². The maximum atomic E-state index is 12.0. The third-order valence-corrected chi connectivity index (χ3v) is 3.62. The zero-order chi connectivity index (χ0) is 14.0. The van der Waals surface area contributed by atoms with Crippen LogP contribution in [0, 0.1) is 5.92 Å². The van der Waals surface area contributed by atoms with Gasteiger partial charge in [-0.3, -0.25) is 14.3 Å². The third-order valence-electron chi connectivity index (χ3n) is 3.62. The lowest BCUT2D eigenvalue weighted by molar-refractivity contribution is 0.208. The van der Waals surface area contributed by atoms with E-state index in [1.807, 2.05) is 4.90 Å². The number of hydrogen-bond acceptors (Lipinski definition) is 5. The average molecular weight is 268 g/mol. The molecule has 1 aromatic rings. The Labute approximate surface area is 110 Å². The van der Waals surface area contributed by atoms with E-state index in [2.05, 4.69) is 4.98 Å². The Bertz CT molecular complexity index is 563. The van der Waals surface area contributed by atoms with Gasteiger partial charge in [-0.05, 0) is 25.7 Å². The minimum absolute atomic E-state index is 0.0989. The van der Waals surface area contributed by atoms with Gasteiger partial charge in [0.15, 0.2) is 0 Å². The molecular formula is C12H20N4O3. The van der Waals surface area contributed by atoms with Crippen LogP contribution in [-0.2, 0) is 6.54 Å². The van der Waals surface area contributed by atoms with E-state index in [-0.39, 0.29) is 18.3 Å². The molecule has 1 aromatic heterocycles. The van der Waals surface area contributed by atoms with Crippen LogP contribution in [0.4, 0.5) is 11.5 Å². The van der Waals surface area contributed by atoms with Gasteiger partial charge < -0.3 is 15.7 Å². The quantitative estimate of drug-likeness (QED) is 0.675. The predicted octanol–water partition coefficient (Wildman–Crippen LogP) is -0.653. The van der Waals surface area contributed by atoms with Crippen LogP contribution in [0.3, 0.4) is 0 Å². The summed E-state index contributed by atoms with van der Waals surface area (Å²) >= 11 is 0. The highest BCUT2D eigenvalue weighted by Gasteiger charge is 2.24. The largest absolute Gasteiger partial charge is 0.396 e. The molecule has 4 N–H and O–H groups in total. The summed E-state index contributed by atoms with van der Waals surface area (Å²) in [5, 5.41) is 9.24. The van der Waals surface area contributed by atoms with Crippen molar-refractivity contribution in [3.8, 4) is 0 Å². The second-order valence-electron chi connectivity index (χ2n) is 4.87. The van der Waals surface area contributed by atoms with Crippen molar-refractivity contribution in [3.63, 3.8) is 0 Å².